The Morgan fingerprint density at radius 2 is 1.90 bits per heavy atom. The molecule has 0 aliphatic heterocycles. The Hall–Kier alpha value is -2.26. The normalized spacial score (nSPS) is 11.7. The average Bonchev–Trinajstić information content (AvgIpc) is 2.88. The second-order valence-corrected chi connectivity index (χ2v) is 6.85. The first-order chi connectivity index (χ1) is 9.88. The summed E-state index contributed by atoms with van der Waals surface area (Å²) in [7, 11) is -3.73. The van der Waals surface area contributed by atoms with Gasteiger partial charge in [-0.2, -0.15) is 13.5 Å². The molecule has 2 rings (SSSR count). The molecule has 0 fully saturated rings. The number of hydrogen-bond acceptors (Lipinski definition) is 6. The van der Waals surface area contributed by atoms with Crippen LogP contribution in [0.3, 0.4) is 0 Å². The molecule has 0 saturated carbocycles. The number of nitro groups is 1. The fraction of sp³-hybridized carbons (Fsp3) is 0.0833. The highest BCUT2D eigenvalue weighted by atomic mass is 32.2. The minimum Gasteiger partial charge on any atom is -0.258 e. The van der Waals surface area contributed by atoms with Gasteiger partial charge in [-0.3, -0.25) is 10.1 Å². The number of hydrogen-bond donors (Lipinski definition) is 1. The molecule has 0 aliphatic rings. The van der Waals surface area contributed by atoms with Crippen LogP contribution in [-0.2, 0) is 10.0 Å². The van der Waals surface area contributed by atoms with Gasteiger partial charge in [-0.1, -0.05) is 29.0 Å². The lowest BCUT2D eigenvalue weighted by Crippen LogP contribution is -2.18. The molecule has 0 atom stereocenters. The van der Waals surface area contributed by atoms with Gasteiger partial charge < -0.3 is 0 Å². The minimum absolute atomic E-state index is 0.0298. The van der Waals surface area contributed by atoms with Crippen molar-refractivity contribution in [3.8, 4) is 0 Å². The van der Waals surface area contributed by atoms with Crippen molar-refractivity contribution in [2.24, 2.45) is 5.10 Å². The SMILES string of the molecule is Cc1ccc(S(=O)(=O)N/N=C\c2ccc([N+](=O)[O-])s2)cc1. The van der Waals surface area contributed by atoms with E-state index in [2.05, 4.69) is 9.93 Å². The predicted octanol–water partition coefficient (Wildman–Crippen LogP) is 2.28. The molecule has 0 radical (unpaired) electrons. The highest BCUT2D eigenvalue weighted by molar-refractivity contribution is 7.89. The topological polar surface area (TPSA) is 102 Å². The monoisotopic (exact) mass is 325 g/mol. The summed E-state index contributed by atoms with van der Waals surface area (Å²) in [5.74, 6) is 0. The van der Waals surface area contributed by atoms with Crippen LogP contribution in [0, 0.1) is 17.0 Å². The summed E-state index contributed by atoms with van der Waals surface area (Å²) in [6.45, 7) is 1.85. The molecular formula is C12H11N3O4S2. The van der Waals surface area contributed by atoms with E-state index in [0.29, 0.717) is 4.88 Å². The Bertz CT molecular complexity index is 779. The number of nitrogens with one attached hydrogen (secondary N) is 1. The largest absolute Gasteiger partial charge is 0.324 e. The lowest BCUT2D eigenvalue weighted by atomic mass is 10.2. The first-order valence-corrected chi connectivity index (χ1v) is 8.04. The molecule has 0 amide bonds. The molecule has 0 saturated heterocycles. The van der Waals surface area contributed by atoms with E-state index in [9.17, 15) is 18.5 Å². The highest BCUT2D eigenvalue weighted by Gasteiger charge is 2.12. The van der Waals surface area contributed by atoms with E-state index in [-0.39, 0.29) is 9.90 Å². The molecule has 1 N–H and O–H groups in total. The van der Waals surface area contributed by atoms with Crippen molar-refractivity contribution in [2.75, 3.05) is 0 Å². The predicted molar refractivity (Wildman–Crippen MR) is 80.1 cm³/mol. The van der Waals surface area contributed by atoms with Gasteiger partial charge in [0, 0.05) is 6.07 Å². The summed E-state index contributed by atoms with van der Waals surface area (Å²) in [4.78, 5) is 12.6. The summed E-state index contributed by atoms with van der Waals surface area (Å²) in [6.07, 6.45) is 1.23. The first-order valence-electron chi connectivity index (χ1n) is 5.74. The van der Waals surface area contributed by atoms with Crippen molar-refractivity contribution in [1.29, 1.82) is 0 Å². The van der Waals surface area contributed by atoms with Crippen molar-refractivity contribution in [3.63, 3.8) is 0 Å². The van der Waals surface area contributed by atoms with Crippen LogP contribution in [0.2, 0.25) is 0 Å². The van der Waals surface area contributed by atoms with Gasteiger partial charge in [-0.05, 0) is 25.1 Å². The number of aryl methyl sites for hydroxylation is 1. The Labute approximate surface area is 125 Å². The number of benzene rings is 1. The highest BCUT2D eigenvalue weighted by Crippen LogP contribution is 2.22. The van der Waals surface area contributed by atoms with Gasteiger partial charge in [-0.15, -0.1) is 0 Å². The second kappa shape index (κ2) is 6.02. The van der Waals surface area contributed by atoms with Crippen LogP contribution in [0.15, 0.2) is 46.4 Å². The van der Waals surface area contributed by atoms with E-state index < -0.39 is 14.9 Å². The fourth-order valence-corrected chi connectivity index (χ4v) is 2.92. The molecule has 2 aromatic rings. The lowest BCUT2D eigenvalue weighted by molar-refractivity contribution is -0.380. The maximum absolute atomic E-state index is 11.9. The Balaban J connectivity index is 2.08. The second-order valence-electron chi connectivity index (χ2n) is 4.10. The molecule has 0 aliphatic carbocycles. The quantitative estimate of drug-likeness (QED) is 0.517. The molecule has 110 valence electrons. The molecule has 1 aromatic carbocycles. The van der Waals surface area contributed by atoms with Crippen LogP contribution >= 0.6 is 11.3 Å². The third-order valence-corrected chi connectivity index (χ3v) is 4.70. The summed E-state index contributed by atoms with van der Waals surface area (Å²) >= 11 is 0.906. The Kier molecular flexibility index (Phi) is 4.34. The summed E-state index contributed by atoms with van der Waals surface area (Å²) in [5, 5.41) is 14.1. The van der Waals surface area contributed by atoms with Crippen molar-refractivity contribution in [1.82, 2.24) is 4.83 Å². The van der Waals surface area contributed by atoms with E-state index in [0.717, 1.165) is 16.9 Å². The molecule has 9 heteroatoms. The molecule has 7 nitrogen and oxygen atoms in total. The van der Waals surface area contributed by atoms with Crippen LogP contribution in [0.5, 0.6) is 0 Å². The molecular weight excluding hydrogens is 314 g/mol. The van der Waals surface area contributed by atoms with Crippen molar-refractivity contribution >= 4 is 32.6 Å². The molecule has 0 bridgehead atoms. The van der Waals surface area contributed by atoms with E-state index in [1.807, 2.05) is 6.92 Å². The van der Waals surface area contributed by atoms with Crippen molar-refractivity contribution < 1.29 is 13.3 Å². The molecule has 1 heterocycles. The van der Waals surface area contributed by atoms with Crippen LogP contribution < -0.4 is 4.83 Å². The maximum Gasteiger partial charge on any atom is 0.324 e. The minimum atomic E-state index is -3.73. The van der Waals surface area contributed by atoms with Crippen molar-refractivity contribution in [3.05, 3.63) is 57.0 Å². The van der Waals surface area contributed by atoms with E-state index in [1.165, 1.54) is 30.5 Å². The van der Waals surface area contributed by atoms with E-state index >= 15 is 0 Å². The van der Waals surface area contributed by atoms with Crippen LogP contribution in [0.1, 0.15) is 10.4 Å². The number of nitrogens with zero attached hydrogens (tertiary/aromatic N) is 2. The Morgan fingerprint density at radius 3 is 2.48 bits per heavy atom. The Morgan fingerprint density at radius 1 is 1.24 bits per heavy atom. The molecule has 21 heavy (non-hydrogen) atoms. The average molecular weight is 325 g/mol. The third kappa shape index (κ3) is 3.86. The summed E-state index contributed by atoms with van der Waals surface area (Å²) < 4.78 is 23.8. The zero-order valence-electron chi connectivity index (χ0n) is 10.9. The zero-order chi connectivity index (χ0) is 15.5. The van der Waals surface area contributed by atoms with Gasteiger partial charge in [0.05, 0.1) is 20.9 Å². The van der Waals surface area contributed by atoms with Crippen molar-refractivity contribution in [2.45, 2.75) is 11.8 Å². The van der Waals surface area contributed by atoms with Gasteiger partial charge in [0.25, 0.3) is 10.0 Å². The van der Waals surface area contributed by atoms with Crippen LogP contribution in [0.25, 0.3) is 0 Å². The maximum atomic E-state index is 11.9. The van der Waals surface area contributed by atoms with Gasteiger partial charge >= 0.3 is 5.00 Å². The lowest BCUT2D eigenvalue weighted by Gasteiger charge is -2.02. The number of thiophene rings is 1. The van der Waals surface area contributed by atoms with Gasteiger partial charge in [0.2, 0.25) is 0 Å². The van der Waals surface area contributed by atoms with Crippen LogP contribution in [0.4, 0.5) is 5.00 Å². The van der Waals surface area contributed by atoms with Gasteiger partial charge in [-0.25, -0.2) is 4.83 Å². The van der Waals surface area contributed by atoms with Gasteiger partial charge in [0.1, 0.15) is 0 Å². The van der Waals surface area contributed by atoms with Gasteiger partial charge in [0.15, 0.2) is 0 Å². The zero-order valence-corrected chi connectivity index (χ0v) is 12.5. The fourth-order valence-electron chi connectivity index (χ4n) is 1.44. The summed E-state index contributed by atoms with van der Waals surface area (Å²) in [6, 6.07) is 9.14. The number of hydrazone groups is 1. The first kappa shape index (κ1) is 15.1. The summed E-state index contributed by atoms with van der Waals surface area (Å²) in [5.41, 5.74) is 0.948. The third-order valence-electron chi connectivity index (χ3n) is 2.49. The molecule has 0 unspecified atom stereocenters. The van der Waals surface area contributed by atoms with E-state index in [4.69, 9.17) is 0 Å². The standard InChI is InChI=1S/C12H11N3O4S2/c1-9-2-5-11(6-3-9)21(18,19)14-13-8-10-4-7-12(20-10)15(16)17/h2-8,14H,1H3/b13-8-. The van der Waals surface area contributed by atoms with E-state index in [1.54, 1.807) is 12.1 Å². The smallest absolute Gasteiger partial charge is 0.258 e. The van der Waals surface area contributed by atoms with Crippen LogP contribution in [-0.4, -0.2) is 19.6 Å². The molecule has 0 spiro atoms. The number of rotatable bonds is 5. The number of sulfonamides is 1. The molecule has 1 aromatic heterocycles.